The molecule has 2 N–H and O–H groups in total. The van der Waals surface area contributed by atoms with Gasteiger partial charge in [-0.15, -0.1) is 11.3 Å². The van der Waals surface area contributed by atoms with Crippen molar-refractivity contribution in [2.24, 2.45) is 0 Å². The number of phenolic OH excluding ortho intramolecular Hbond substituents is 1. The summed E-state index contributed by atoms with van der Waals surface area (Å²) in [7, 11) is -2.29. The largest absolute Gasteiger partial charge is 0.506 e. The number of hydrogen-bond donors (Lipinski definition) is 2. The van der Waals surface area contributed by atoms with E-state index in [0.717, 1.165) is 11.3 Å². The second-order valence-corrected chi connectivity index (χ2v) is 6.83. The Morgan fingerprint density at radius 2 is 2.16 bits per heavy atom. The van der Waals surface area contributed by atoms with Crippen molar-refractivity contribution in [3.63, 3.8) is 0 Å². The molecule has 102 valence electrons. The van der Waals surface area contributed by atoms with Crippen LogP contribution >= 0.6 is 11.3 Å². The van der Waals surface area contributed by atoms with Crippen molar-refractivity contribution in [2.45, 2.75) is 11.1 Å². The predicted molar refractivity (Wildman–Crippen MR) is 72.3 cm³/mol. The number of thiazole rings is 1. The quantitative estimate of drug-likeness (QED) is 0.843. The van der Waals surface area contributed by atoms with E-state index in [4.69, 9.17) is 4.74 Å². The number of sulfonamides is 1. The Hall–Kier alpha value is -1.80. The van der Waals surface area contributed by atoms with Crippen molar-refractivity contribution in [1.29, 1.82) is 0 Å². The number of rotatable bonds is 4. The summed E-state index contributed by atoms with van der Waals surface area (Å²) < 4.78 is 31.5. The van der Waals surface area contributed by atoms with Crippen LogP contribution in [0.4, 0.5) is 5.69 Å². The number of benzene rings is 1. The molecule has 6 nitrogen and oxygen atoms in total. The molecule has 1 aromatic heterocycles. The van der Waals surface area contributed by atoms with Gasteiger partial charge < -0.3 is 9.84 Å². The molecule has 0 aliphatic heterocycles. The molecular formula is C11H12N2O4S2. The molecule has 8 heteroatoms. The lowest BCUT2D eigenvalue weighted by molar-refractivity contribution is 0.413. The Labute approximate surface area is 114 Å². The second-order valence-electron chi connectivity index (χ2n) is 3.69. The SMILES string of the molecule is COc1ccc(O)c(NS(=O)(=O)c2cnc(C)s2)c1. The molecule has 0 radical (unpaired) electrons. The highest BCUT2D eigenvalue weighted by Gasteiger charge is 2.19. The molecule has 0 spiro atoms. The van der Waals surface area contributed by atoms with Crippen molar-refractivity contribution in [3.8, 4) is 11.5 Å². The zero-order valence-corrected chi connectivity index (χ0v) is 11.9. The van der Waals surface area contributed by atoms with Gasteiger partial charge in [0, 0.05) is 6.07 Å². The summed E-state index contributed by atoms with van der Waals surface area (Å²) in [5.41, 5.74) is 0.0606. The van der Waals surface area contributed by atoms with Crippen LogP contribution in [0.1, 0.15) is 5.01 Å². The third-order valence-electron chi connectivity index (χ3n) is 2.31. The number of methoxy groups -OCH3 is 1. The smallest absolute Gasteiger partial charge is 0.273 e. The fourth-order valence-corrected chi connectivity index (χ4v) is 3.56. The minimum atomic E-state index is -3.75. The first-order valence-electron chi connectivity index (χ1n) is 5.24. The number of nitrogens with zero attached hydrogens (tertiary/aromatic N) is 1. The number of hydrogen-bond acceptors (Lipinski definition) is 6. The molecule has 0 fully saturated rings. The van der Waals surface area contributed by atoms with Gasteiger partial charge in [0.05, 0.1) is 24.0 Å². The van der Waals surface area contributed by atoms with Crippen molar-refractivity contribution >= 4 is 27.0 Å². The number of aromatic hydroxyl groups is 1. The lowest BCUT2D eigenvalue weighted by Crippen LogP contribution is -2.11. The van der Waals surface area contributed by atoms with Crippen LogP contribution in [0.5, 0.6) is 11.5 Å². The fraction of sp³-hybridized carbons (Fsp3) is 0.182. The molecule has 0 saturated carbocycles. The van der Waals surface area contributed by atoms with Crippen molar-refractivity contribution < 1.29 is 18.3 Å². The molecule has 0 amide bonds. The molecule has 0 atom stereocenters. The minimum absolute atomic E-state index is 0.0606. The average molecular weight is 300 g/mol. The van der Waals surface area contributed by atoms with Gasteiger partial charge in [0.25, 0.3) is 10.0 Å². The molecule has 0 saturated heterocycles. The monoisotopic (exact) mass is 300 g/mol. The molecular weight excluding hydrogens is 288 g/mol. The minimum Gasteiger partial charge on any atom is -0.506 e. The van der Waals surface area contributed by atoms with Crippen LogP contribution < -0.4 is 9.46 Å². The van der Waals surface area contributed by atoms with E-state index < -0.39 is 10.0 Å². The van der Waals surface area contributed by atoms with Crippen LogP contribution in [0, 0.1) is 6.92 Å². The zero-order chi connectivity index (χ0) is 14.0. The highest BCUT2D eigenvalue weighted by Crippen LogP contribution is 2.30. The lowest BCUT2D eigenvalue weighted by atomic mass is 10.3. The normalized spacial score (nSPS) is 11.3. The second kappa shape index (κ2) is 5.06. The Morgan fingerprint density at radius 3 is 2.74 bits per heavy atom. The zero-order valence-electron chi connectivity index (χ0n) is 10.2. The van der Waals surface area contributed by atoms with E-state index in [9.17, 15) is 13.5 Å². The van der Waals surface area contributed by atoms with Gasteiger partial charge in [-0.1, -0.05) is 0 Å². The van der Waals surface area contributed by atoms with Gasteiger partial charge in [0.15, 0.2) is 4.21 Å². The molecule has 2 aromatic rings. The van der Waals surface area contributed by atoms with Gasteiger partial charge in [0.2, 0.25) is 0 Å². The third-order valence-corrected chi connectivity index (χ3v) is 5.05. The molecule has 0 unspecified atom stereocenters. The number of aromatic nitrogens is 1. The summed E-state index contributed by atoms with van der Waals surface area (Å²) in [6.45, 7) is 1.71. The van der Waals surface area contributed by atoms with Crippen molar-refractivity contribution in [2.75, 3.05) is 11.8 Å². The van der Waals surface area contributed by atoms with E-state index in [1.165, 1.54) is 31.5 Å². The summed E-state index contributed by atoms with van der Waals surface area (Å²) in [6, 6.07) is 4.29. The number of anilines is 1. The van der Waals surface area contributed by atoms with E-state index in [2.05, 4.69) is 9.71 Å². The molecule has 0 bridgehead atoms. The molecule has 1 aromatic carbocycles. The van der Waals surface area contributed by atoms with E-state index in [1.807, 2.05) is 0 Å². The average Bonchev–Trinajstić information content (AvgIpc) is 2.79. The first-order valence-corrected chi connectivity index (χ1v) is 7.54. The van der Waals surface area contributed by atoms with Crippen LogP contribution in [0.3, 0.4) is 0 Å². The highest BCUT2D eigenvalue weighted by molar-refractivity contribution is 7.94. The lowest BCUT2D eigenvalue weighted by Gasteiger charge is -2.09. The van der Waals surface area contributed by atoms with E-state index in [-0.39, 0.29) is 15.6 Å². The molecule has 0 aliphatic rings. The topological polar surface area (TPSA) is 88.5 Å². The van der Waals surface area contributed by atoms with Crippen LogP contribution in [0.2, 0.25) is 0 Å². The number of ether oxygens (including phenoxy) is 1. The maximum atomic E-state index is 12.1. The molecule has 1 heterocycles. The van der Waals surface area contributed by atoms with E-state index in [0.29, 0.717) is 10.8 Å². The number of phenols is 1. The van der Waals surface area contributed by atoms with Crippen molar-refractivity contribution in [3.05, 3.63) is 29.4 Å². The molecule has 19 heavy (non-hydrogen) atoms. The Morgan fingerprint density at radius 1 is 1.42 bits per heavy atom. The van der Waals surface area contributed by atoms with Gasteiger partial charge in [-0.3, -0.25) is 4.72 Å². The van der Waals surface area contributed by atoms with Gasteiger partial charge in [-0.2, -0.15) is 0 Å². The van der Waals surface area contributed by atoms with Crippen LogP contribution in [0.15, 0.2) is 28.6 Å². The first kappa shape index (κ1) is 13.6. The number of nitrogens with one attached hydrogen (secondary N) is 1. The van der Waals surface area contributed by atoms with Gasteiger partial charge in [0.1, 0.15) is 11.5 Å². The summed E-state index contributed by atoms with van der Waals surface area (Å²) in [6.07, 6.45) is 1.28. The summed E-state index contributed by atoms with van der Waals surface area (Å²) in [4.78, 5) is 3.89. The summed E-state index contributed by atoms with van der Waals surface area (Å²) in [5.74, 6) is 0.265. The summed E-state index contributed by atoms with van der Waals surface area (Å²) >= 11 is 1.06. The van der Waals surface area contributed by atoms with Crippen LogP contribution in [-0.4, -0.2) is 25.6 Å². The maximum absolute atomic E-state index is 12.1. The highest BCUT2D eigenvalue weighted by atomic mass is 32.2. The third kappa shape index (κ3) is 2.96. The standard InChI is InChI=1S/C11H12N2O4S2/c1-7-12-6-11(18-7)19(15,16)13-9-5-8(17-2)3-4-10(9)14/h3-6,13-14H,1-2H3. The predicted octanol–water partition coefficient (Wildman–Crippen LogP) is 1.97. The molecule has 2 rings (SSSR count). The Balaban J connectivity index is 2.35. The van der Waals surface area contributed by atoms with Crippen LogP contribution in [-0.2, 0) is 10.0 Å². The fourth-order valence-electron chi connectivity index (χ4n) is 1.39. The van der Waals surface area contributed by atoms with Crippen LogP contribution in [0.25, 0.3) is 0 Å². The number of aryl methyl sites for hydroxylation is 1. The van der Waals surface area contributed by atoms with E-state index >= 15 is 0 Å². The van der Waals surface area contributed by atoms with E-state index in [1.54, 1.807) is 6.92 Å². The maximum Gasteiger partial charge on any atom is 0.273 e. The Bertz CT molecular complexity index is 694. The molecule has 0 aliphatic carbocycles. The van der Waals surface area contributed by atoms with Gasteiger partial charge in [-0.05, 0) is 19.1 Å². The van der Waals surface area contributed by atoms with Gasteiger partial charge in [-0.25, -0.2) is 13.4 Å². The van der Waals surface area contributed by atoms with Crippen molar-refractivity contribution in [1.82, 2.24) is 4.98 Å². The van der Waals surface area contributed by atoms with Gasteiger partial charge >= 0.3 is 0 Å². The summed E-state index contributed by atoms with van der Waals surface area (Å²) in [5, 5.41) is 10.3. The Kier molecular flexibility index (Phi) is 3.63. The first-order chi connectivity index (χ1) is 8.92.